The number of benzene rings is 3. The Morgan fingerprint density at radius 3 is 2.41 bits per heavy atom. The summed E-state index contributed by atoms with van der Waals surface area (Å²) in [6, 6.07) is 21.3. The SMILES string of the molecule is CCCCOc1ccc(NC(c2ccc(F)cc2)c2ccc3ccc(C)nc3c2O)cc1. The first-order valence-corrected chi connectivity index (χ1v) is 10.9. The van der Waals surface area contributed by atoms with Gasteiger partial charge in [0.15, 0.2) is 0 Å². The van der Waals surface area contributed by atoms with E-state index < -0.39 is 6.04 Å². The van der Waals surface area contributed by atoms with Gasteiger partial charge in [0, 0.05) is 22.3 Å². The molecule has 0 aliphatic heterocycles. The van der Waals surface area contributed by atoms with Crippen molar-refractivity contribution >= 4 is 16.6 Å². The Hall–Kier alpha value is -3.60. The standard InChI is InChI=1S/C27H27FN2O2/c1-3-4-17-32-23-14-12-22(13-15-23)30-25(19-7-10-21(28)11-8-19)24-16-9-20-6-5-18(2)29-26(20)27(24)31/h5-16,25,30-31H,3-4,17H2,1-2H3. The van der Waals surface area contributed by atoms with Gasteiger partial charge in [-0.05, 0) is 61.4 Å². The molecule has 0 amide bonds. The lowest BCUT2D eigenvalue weighted by Gasteiger charge is -2.23. The highest BCUT2D eigenvalue weighted by Crippen LogP contribution is 2.37. The number of aromatic nitrogens is 1. The van der Waals surface area contributed by atoms with Crippen LogP contribution in [0.3, 0.4) is 0 Å². The third-order valence-corrected chi connectivity index (χ3v) is 5.45. The smallest absolute Gasteiger partial charge is 0.147 e. The van der Waals surface area contributed by atoms with E-state index >= 15 is 0 Å². The molecule has 1 heterocycles. The van der Waals surface area contributed by atoms with Gasteiger partial charge in [-0.25, -0.2) is 9.37 Å². The Labute approximate surface area is 187 Å². The van der Waals surface area contributed by atoms with Crippen molar-refractivity contribution in [2.24, 2.45) is 0 Å². The number of fused-ring (bicyclic) bond motifs is 1. The van der Waals surface area contributed by atoms with Gasteiger partial charge in [0.25, 0.3) is 0 Å². The first-order valence-electron chi connectivity index (χ1n) is 10.9. The molecule has 4 nitrogen and oxygen atoms in total. The van der Waals surface area contributed by atoms with Crippen molar-refractivity contribution in [2.75, 3.05) is 11.9 Å². The van der Waals surface area contributed by atoms with E-state index in [1.165, 1.54) is 12.1 Å². The number of aryl methyl sites for hydroxylation is 1. The van der Waals surface area contributed by atoms with E-state index in [1.807, 2.05) is 55.5 Å². The van der Waals surface area contributed by atoms with Gasteiger partial charge in [0.2, 0.25) is 0 Å². The van der Waals surface area contributed by atoms with E-state index in [1.54, 1.807) is 12.1 Å². The molecule has 0 aliphatic rings. The first kappa shape index (κ1) is 21.6. The minimum Gasteiger partial charge on any atom is -0.505 e. The number of phenolic OH excluding ortho intramolecular Hbond substituents is 1. The van der Waals surface area contributed by atoms with Gasteiger partial charge >= 0.3 is 0 Å². The fourth-order valence-electron chi connectivity index (χ4n) is 3.66. The monoisotopic (exact) mass is 430 g/mol. The van der Waals surface area contributed by atoms with Crippen LogP contribution in [0.15, 0.2) is 72.8 Å². The topological polar surface area (TPSA) is 54.4 Å². The summed E-state index contributed by atoms with van der Waals surface area (Å²) in [4.78, 5) is 4.53. The van der Waals surface area contributed by atoms with Crippen LogP contribution in [-0.4, -0.2) is 16.7 Å². The van der Waals surface area contributed by atoms with Crippen LogP contribution in [-0.2, 0) is 0 Å². The molecule has 0 spiro atoms. The zero-order chi connectivity index (χ0) is 22.5. The maximum atomic E-state index is 13.6. The summed E-state index contributed by atoms with van der Waals surface area (Å²) >= 11 is 0. The number of unbranched alkanes of at least 4 members (excludes halogenated alkanes) is 1. The molecule has 4 aromatic rings. The van der Waals surface area contributed by atoms with Gasteiger partial charge < -0.3 is 15.2 Å². The molecule has 0 aliphatic carbocycles. The number of rotatable bonds is 8. The van der Waals surface area contributed by atoms with Crippen LogP contribution in [0, 0.1) is 12.7 Å². The Kier molecular flexibility index (Phi) is 6.55. The summed E-state index contributed by atoms with van der Waals surface area (Å²) in [6.45, 7) is 4.72. The van der Waals surface area contributed by atoms with Crippen molar-refractivity contribution < 1.29 is 14.2 Å². The van der Waals surface area contributed by atoms with Gasteiger partial charge in [0.05, 0.1) is 12.6 Å². The lowest BCUT2D eigenvalue weighted by atomic mass is 9.95. The van der Waals surface area contributed by atoms with Crippen LogP contribution < -0.4 is 10.1 Å². The number of hydrogen-bond acceptors (Lipinski definition) is 4. The predicted molar refractivity (Wildman–Crippen MR) is 127 cm³/mol. The van der Waals surface area contributed by atoms with Crippen molar-refractivity contribution in [1.29, 1.82) is 0 Å². The molecule has 1 aromatic heterocycles. The van der Waals surface area contributed by atoms with Crippen LogP contribution in [0.2, 0.25) is 0 Å². The van der Waals surface area contributed by atoms with Crippen LogP contribution in [0.1, 0.15) is 42.6 Å². The second-order valence-electron chi connectivity index (χ2n) is 7.88. The van der Waals surface area contributed by atoms with Gasteiger partial charge in [-0.3, -0.25) is 0 Å². The maximum absolute atomic E-state index is 13.6. The van der Waals surface area contributed by atoms with Crippen molar-refractivity contribution in [3.8, 4) is 11.5 Å². The molecule has 0 radical (unpaired) electrons. The summed E-state index contributed by atoms with van der Waals surface area (Å²) in [5, 5.41) is 15.5. The first-order chi connectivity index (χ1) is 15.5. The van der Waals surface area contributed by atoms with Gasteiger partial charge in [0.1, 0.15) is 22.8 Å². The van der Waals surface area contributed by atoms with E-state index in [0.717, 1.165) is 40.9 Å². The molecule has 1 atom stereocenters. The predicted octanol–water partition coefficient (Wildman–Crippen LogP) is 6.77. The summed E-state index contributed by atoms with van der Waals surface area (Å²) in [5.41, 5.74) is 3.74. The minimum atomic E-state index is -0.394. The molecular formula is C27H27FN2O2. The second kappa shape index (κ2) is 9.69. The molecule has 5 heteroatoms. The number of nitrogens with zero attached hydrogens (tertiary/aromatic N) is 1. The van der Waals surface area contributed by atoms with E-state index in [0.29, 0.717) is 17.7 Å². The number of pyridine rings is 1. The Morgan fingerprint density at radius 2 is 1.69 bits per heavy atom. The van der Waals surface area contributed by atoms with Crippen LogP contribution in [0.5, 0.6) is 11.5 Å². The minimum absolute atomic E-state index is 0.118. The van der Waals surface area contributed by atoms with Crippen molar-refractivity contribution in [3.63, 3.8) is 0 Å². The highest BCUT2D eigenvalue weighted by Gasteiger charge is 2.20. The average Bonchev–Trinajstić information content (AvgIpc) is 2.80. The summed E-state index contributed by atoms with van der Waals surface area (Å²) in [5.74, 6) is 0.629. The maximum Gasteiger partial charge on any atom is 0.147 e. The Balaban J connectivity index is 1.69. The number of aromatic hydroxyl groups is 1. The molecule has 0 fully saturated rings. The fraction of sp³-hybridized carbons (Fsp3) is 0.222. The highest BCUT2D eigenvalue weighted by atomic mass is 19.1. The van der Waals surface area contributed by atoms with Gasteiger partial charge in [-0.2, -0.15) is 0 Å². The third kappa shape index (κ3) is 4.83. The van der Waals surface area contributed by atoms with E-state index in [-0.39, 0.29) is 11.6 Å². The normalized spacial score (nSPS) is 12.0. The Bertz CT molecular complexity index is 1190. The zero-order valence-electron chi connectivity index (χ0n) is 18.3. The number of ether oxygens (including phenoxy) is 1. The van der Waals surface area contributed by atoms with Crippen molar-refractivity contribution in [3.05, 3.63) is 95.4 Å². The lowest BCUT2D eigenvalue weighted by molar-refractivity contribution is 0.309. The summed E-state index contributed by atoms with van der Waals surface area (Å²) < 4.78 is 19.3. The van der Waals surface area contributed by atoms with E-state index in [9.17, 15) is 9.50 Å². The van der Waals surface area contributed by atoms with Crippen LogP contribution in [0.25, 0.3) is 10.9 Å². The average molecular weight is 431 g/mol. The molecule has 0 saturated carbocycles. The lowest BCUT2D eigenvalue weighted by Crippen LogP contribution is -2.13. The molecule has 0 bridgehead atoms. The van der Waals surface area contributed by atoms with Crippen LogP contribution in [0.4, 0.5) is 10.1 Å². The van der Waals surface area contributed by atoms with E-state index in [4.69, 9.17) is 4.74 Å². The second-order valence-corrected chi connectivity index (χ2v) is 7.88. The molecule has 1 unspecified atom stereocenters. The molecular weight excluding hydrogens is 403 g/mol. The quantitative estimate of drug-likeness (QED) is 0.303. The molecule has 0 saturated heterocycles. The number of phenols is 1. The molecule has 3 aromatic carbocycles. The molecule has 32 heavy (non-hydrogen) atoms. The van der Waals surface area contributed by atoms with Crippen molar-refractivity contribution in [1.82, 2.24) is 4.98 Å². The fourth-order valence-corrected chi connectivity index (χ4v) is 3.66. The third-order valence-electron chi connectivity index (χ3n) is 5.45. The van der Waals surface area contributed by atoms with Gasteiger partial charge in [-0.1, -0.05) is 43.7 Å². The van der Waals surface area contributed by atoms with Crippen LogP contribution >= 0.6 is 0 Å². The molecule has 4 rings (SSSR count). The molecule has 2 N–H and O–H groups in total. The summed E-state index contributed by atoms with van der Waals surface area (Å²) in [7, 11) is 0. The largest absolute Gasteiger partial charge is 0.505 e. The molecule has 164 valence electrons. The zero-order valence-corrected chi connectivity index (χ0v) is 18.3. The van der Waals surface area contributed by atoms with Gasteiger partial charge in [-0.15, -0.1) is 0 Å². The number of hydrogen-bond donors (Lipinski definition) is 2. The summed E-state index contributed by atoms with van der Waals surface area (Å²) in [6.07, 6.45) is 2.10. The number of halogens is 1. The highest BCUT2D eigenvalue weighted by molar-refractivity contribution is 5.86. The van der Waals surface area contributed by atoms with E-state index in [2.05, 4.69) is 17.2 Å². The number of anilines is 1. The number of nitrogens with one attached hydrogen (secondary N) is 1. The Morgan fingerprint density at radius 1 is 0.969 bits per heavy atom. The van der Waals surface area contributed by atoms with Crippen molar-refractivity contribution in [2.45, 2.75) is 32.7 Å².